The maximum Gasteiger partial charge on any atom is 0.136 e. The quantitative estimate of drug-likeness (QED) is 0.780. The monoisotopic (exact) mass is 247 g/mol. The third-order valence-electron chi connectivity index (χ3n) is 2.54. The Labute approximate surface area is 106 Å². The first-order valence-electron chi connectivity index (χ1n) is 5.63. The first-order valence-corrected chi connectivity index (χ1v) is 6.01. The van der Waals surface area contributed by atoms with Crippen LogP contribution >= 0.6 is 11.6 Å². The van der Waals surface area contributed by atoms with Crippen LogP contribution in [0.2, 0.25) is 5.15 Å². The Balaban J connectivity index is 2.54. The molecule has 0 unspecified atom stereocenters. The second kappa shape index (κ2) is 5.23. The molecule has 0 N–H and O–H groups in total. The van der Waals surface area contributed by atoms with Gasteiger partial charge in [0.05, 0.1) is 5.69 Å². The summed E-state index contributed by atoms with van der Waals surface area (Å²) in [4.78, 5) is 12.6. The molecule has 2 heterocycles. The van der Waals surface area contributed by atoms with Gasteiger partial charge in [-0.15, -0.1) is 0 Å². The summed E-state index contributed by atoms with van der Waals surface area (Å²) in [6, 6.07) is 2.06. The van der Waals surface area contributed by atoms with Crippen LogP contribution in [0.4, 0.5) is 0 Å². The van der Waals surface area contributed by atoms with Gasteiger partial charge in [0.1, 0.15) is 11.5 Å². The summed E-state index contributed by atoms with van der Waals surface area (Å²) in [7, 11) is 0. The zero-order valence-electron chi connectivity index (χ0n) is 9.94. The maximum absolute atomic E-state index is 6.13. The van der Waals surface area contributed by atoms with Gasteiger partial charge in [0.25, 0.3) is 0 Å². The fourth-order valence-electron chi connectivity index (χ4n) is 1.80. The fourth-order valence-corrected chi connectivity index (χ4v) is 2.02. The van der Waals surface area contributed by atoms with Crippen LogP contribution in [0.3, 0.4) is 0 Å². The van der Waals surface area contributed by atoms with Crippen molar-refractivity contribution >= 4 is 11.6 Å². The van der Waals surface area contributed by atoms with E-state index in [2.05, 4.69) is 27.9 Å². The molecule has 0 saturated carbocycles. The van der Waals surface area contributed by atoms with Crippen LogP contribution in [0.5, 0.6) is 0 Å². The largest absolute Gasteiger partial charge is 0.264 e. The number of hydrogen-bond donors (Lipinski definition) is 0. The van der Waals surface area contributed by atoms with Crippen LogP contribution < -0.4 is 0 Å². The Kier molecular flexibility index (Phi) is 3.69. The van der Waals surface area contributed by atoms with E-state index in [9.17, 15) is 0 Å². The topological polar surface area (TPSA) is 38.7 Å². The Bertz CT molecular complexity index is 526. The summed E-state index contributed by atoms with van der Waals surface area (Å²) in [6.07, 6.45) is 7.03. The molecule has 2 aromatic heterocycles. The van der Waals surface area contributed by atoms with Crippen molar-refractivity contribution in [1.29, 1.82) is 0 Å². The highest BCUT2D eigenvalue weighted by Crippen LogP contribution is 2.26. The van der Waals surface area contributed by atoms with Gasteiger partial charge in [0.2, 0.25) is 0 Å². The summed E-state index contributed by atoms with van der Waals surface area (Å²) in [5, 5.41) is 0.540. The average molecular weight is 248 g/mol. The fraction of sp³-hybridized carbons (Fsp3) is 0.308. The number of halogens is 1. The van der Waals surface area contributed by atoms with Crippen molar-refractivity contribution in [3.63, 3.8) is 0 Å². The molecular formula is C13H14ClN3. The Hall–Kier alpha value is -1.48. The molecule has 0 bridgehead atoms. The van der Waals surface area contributed by atoms with Crippen molar-refractivity contribution < 1.29 is 0 Å². The molecule has 0 amide bonds. The lowest BCUT2D eigenvalue weighted by atomic mass is 10.0. The number of hydrogen-bond acceptors (Lipinski definition) is 3. The van der Waals surface area contributed by atoms with Gasteiger partial charge >= 0.3 is 0 Å². The van der Waals surface area contributed by atoms with Crippen LogP contribution in [-0.4, -0.2) is 15.0 Å². The summed E-state index contributed by atoms with van der Waals surface area (Å²) >= 11 is 6.13. The molecule has 17 heavy (non-hydrogen) atoms. The summed E-state index contributed by atoms with van der Waals surface area (Å²) < 4.78 is 0. The van der Waals surface area contributed by atoms with E-state index >= 15 is 0 Å². The van der Waals surface area contributed by atoms with Crippen molar-refractivity contribution in [1.82, 2.24) is 15.0 Å². The molecule has 2 rings (SSSR count). The molecule has 0 aromatic carbocycles. The minimum atomic E-state index is 0.540. The zero-order chi connectivity index (χ0) is 12.3. The highest BCUT2D eigenvalue weighted by atomic mass is 35.5. The SMILES string of the molecule is CCCc1c(Cl)ncnc1-c1cncc(C)c1. The lowest BCUT2D eigenvalue weighted by molar-refractivity contribution is 0.904. The Morgan fingerprint density at radius 1 is 1.24 bits per heavy atom. The molecule has 0 aliphatic heterocycles. The van der Waals surface area contributed by atoms with Gasteiger partial charge in [-0.25, -0.2) is 9.97 Å². The number of aromatic nitrogens is 3. The van der Waals surface area contributed by atoms with E-state index in [1.54, 1.807) is 0 Å². The second-order valence-electron chi connectivity index (χ2n) is 3.99. The maximum atomic E-state index is 6.13. The van der Waals surface area contributed by atoms with Gasteiger partial charge in [0.15, 0.2) is 0 Å². The minimum absolute atomic E-state index is 0.540. The third-order valence-corrected chi connectivity index (χ3v) is 2.87. The van der Waals surface area contributed by atoms with Gasteiger partial charge in [0, 0.05) is 23.5 Å². The molecule has 0 atom stereocenters. The highest BCUT2D eigenvalue weighted by molar-refractivity contribution is 6.30. The summed E-state index contributed by atoms with van der Waals surface area (Å²) in [5.74, 6) is 0. The molecule has 88 valence electrons. The number of nitrogens with zero attached hydrogens (tertiary/aromatic N) is 3. The van der Waals surface area contributed by atoms with Gasteiger partial charge < -0.3 is 0 Å². The Morgan fingerprint density at radius 3 is 2.76 bits per heavy atom. The summed E-state index contributed by atoms with van der Waals surface area (Å²) in [6.45, 7) is 4.13. The summed E-state index contributed by atoms with van der Waals surface area (Å²) in [5.41, 5.74) is 4.00. The molecule has 4 heteroatoms. The molecule has 0 fully saturated rings. The number of rotatable bonds is 3. The van der Waals surface area contributed by atoms with E-state index in [0.29, 0.717) is 5.15 Å². The van der Waals surface area contributed by atoms with Crippen molar-refractivity contribution in [3.8, 4) is 11.3 Å². The van der Waals surface area contributed by atoms with E-state index in [-0.39, 0.29) is 0 Å². The number of aryl methyl sites for hydroxylation is 1. The van der Waals surface area contributed by atoms with Crippen LogP contribution in [0.25, 0.3) is 11.3 Å². The Morgan fingerprint density at radius 2 is 2.06 bits per heavy atom. The van der Waals surface area contributed by atoms with Crippen molar-refractivity contribution in [2.45, 2.75) is 26.7 Å². The minimum Gasteiger partial charge on any atom is -0.264 e. The first-order chi connectivity index (χ1) is 8.22. The van der Waals surface area contributed by atoms with E-state index in [1.807, 2.05) is 19.3 Å². The van der Waals surface area contributed by atoms with E-state index in [4.69, 9.17) is 11.6 Å². The smallest absolute Gasteiger partial charge is 0.136 e. The van der Waals surface area contributed by atoms with Gasteiger partial charge in [-0.1, -0.05) is 24.9 Å². The zero-order valence-corrected chi connectivity index (χ0v) is 10.7. The molecular weight excluding hydrogens is 234 g/mol. The van der Waals surface area contributed by atoms with Gasteiger partial charge in [-0.2, -0.15) is 0 Å². The van der Waals surface area contributed by atoms with Gasteiger partial charge in [-0.05, 0) is 25.0 Å². The van der Waals surface area contributed by atoms with Crippen molar-refractivity contribution in [2.75, 3.05) is 0 Å². The molecule has 0 spiro atoms. The van der Waals surface area contributed by atoms with Crippen LogP contribution in [0, 0.1) is 6.92 Å². The number of pyridine rings is 1. The molecule has 0 saturated heterocycles. The predicted molar refractivity (Wildman–Crippen MR) is 69.0 cm³/mol. The highest BCUT2D eigenvalue weighted by Gasteiger charge is 2.11. The van der Waals surface area contributed by atoms with E-state index in [0.717, 1.165) is 35.2 Å². The molecule has 0 aliphatic carbocycles. The molecule has 2 aromatic rings. The molecule has 0 radical (unpaired) electrons. The second-order valence-corrected chi connectivity index (χ2v) is 4.35. The van der Waals surface area contributed by atoms with Crippen LogP contribution in [0.1, 0.15) is 24.5 Å². The standard InChI is InChI=1S/C13H14ClN3/c1-3-4-11-12(16-8-17-13(11)14)10-5-9(2)6-15-7-10/h5-8H,3-4H2,1-2H3. The molecule has 3 nitrogen and oxygen atoms in total. The van der Waals surface area contributed by atoms with E-state index in [1.165, 1.54) is 6.33 Å². The van der Waals surface area contributed by atoms with Crippen molar-refractivity contribution in [3.05, 3.63) is 41.1 Å². The van der Waals surface area contributed by atoms with Crippen LogP contribution in [0.15, 0.2) is 24.8 Å². The van der Waals surface area contributed by atoms with Crippen LogP contribution in [-0.2, 0) is 6.42 Å². The van der Waals surface area contributed by atoms with E-state index < -0.39 is 0 Å². The lowest BCUT2D eigenvalue weighted by Crippen LogP contribution is -1.97. The lowest BCUT2D eigenvalue weighted by Gasteiger charge is -2.09. The predicted octanol–water partition coefficient (Wildman–Crippen LogP) is 3.45. The third kappa shape index (κ3) is 2.61. The van der Waals surface area contributed by atoms with Gasteiger partial charge in [-0.3, -0.25) is 4.98 Å². The molecule has 0 aliphatic rings. The normalized spacial score (nSPS) is 10.5. The first kappa shape index (κ1) is 12.0. The van der Waals surface area contributed by atoms with Crippen molar-refractivity contribution in [2.24, 2.45) is 0 Å². The average Bonchev–Trinajstić information content (AvgIpc) is 2.32.